The van der Waals surface area contributed by atoms with Gasteiger partial charge in [0.2, 0.25) is 0 Å². The minimum absolute atomic E-state index is 0. The Hall–Kier alpha value is -1.98. The number of rotatable bonds is 6. The second kappa shape index (κ2) is 11.6. The van der Waals surface area contributed by atoms with Crippen molar-refractivity contribution in [3.8, 4) is 22.5 Å². The van der Waals surface area contributed by atoms with Gasteiger partial charge in [-0.1, -0.05) is 66.4 Å². The number of H-pyrrole nitrogens is 1. The van der Waals surface area contributed by atoms with E-state index in [1.54, 1.807) is 12.1 Å². The zero-order valence-corrected chi connectivity index (χ0v) is 23.9. The minimum Gasteiger partial charge on any atom is -0.478 e. The summed E-state index contributed by atoms with van der Waals surface area (Å²) in [4.78, 5) is 16.4. The molecule has 11 heteroatoms. The Morgan fingerprint density at radius 3 is 2.38 bits per heavy atom. The van der Waals surface area contributed by atoms with Crippen LogP contribution in [-0.2, 0) is 6.54 Å². The van der Waals surface area contributed by atoms with Gasteiger partial charge < -0.3 is 9.67 Å². The number of carbonyl (C=O) groups is 1. The molecule has 0 saturated carbocycles. The Balaban J connectivity index is 0.00000162. The number of carboxylic acids is 1. The van der Waals surface area contributed by atoms with Crippen LogP contribution in [0.4, 0.5) is 0 Å². The van der Waals surface area contributed by atoms with Crippen LogP contribution in [0.25, 0.3) is 33.5 Å². The summed E-state index contributed by atoms with van der Waals surface area (Å²) in [5.41, 5.74) is 5.58. The number of imidazole rings is 1. The summed E-state index contributed by atoms with van der Waals surface area (Å²) in [5.74, 6) is -0.348. The van der Waals surface area contributed by atoms with Gasteiger partial charge in [0, 0.05) is 64.7 Å². The number of carboxylic acid groups (broad SMARTS) is 1. The number of thioether (sulfide) groups is 1. The van der Waals surface area contributed by atoms with E-state index in [0.29, 0.717) is 23.4 Å². The fourth-order valence-electron chi connectivity index (χ4n) is 3.83. The number of fused-ring (bicyclic) bond motifs is 1. The number of nitrogens with zero attached hydrogens (tertiary/aromatic N) is 5. The average Bonchev–Trinajstić information content (AvgIpc) is 3.48. The van der Waals surface area contributed by atoms with E-state index in [0.717, 1.165) is 27.4 Å². The molecular weight excluding hydrogens is 470 g/mol. The van der Waals surface area contributed by atoms with Crippen LogP contribution in [0.15, 0.2) is 71.9 Å². The molecule has 0 spiro atoms. The number of para-hydroxylation sites is 1. The Morgan fingerprint density at radius 2 is 1.74 bits per heavy atom. The summed E-state index contributed by atoms with van der Waals surface area (Å²) >= 11 is 1.50. The van der Waals surface area contributed by atoms with E-state index in [-0.39, 0.29) is 64.7 Å². The third kappa shape index (κ3) is 5.16. The van der Waals surface area contributed by atoms with Crippen LogP contribution in [0.5, 0.6) is 0 Å². The standard InChI is InChI=1S/C23H18N6O2S.2Na/c1-32-23-24-19-8-4-7-18(22(30)31)20(19)29(23)13-14-9-11-15(12-10-14)16-5-2-3-6-17(16)21-25-27-28-26-21;;/h2-12H,13H2,1H3,(H,30,31)(H,25,26,27,28);;. The van der Waals surface area contributed by atoms with Gasteiger partial charge in [-0.05, 0) is 45.5 Å². The van der Waals surface area contributed by atoms with Crippen molar-refractivity contribution < 1.29 is 9.90 Å². The van der Waals surface area contributed by atoms with Crippen molar-refractivity contribution in [1.29, 1.82) is 0 Å². The number of aromatic carboxylic acids is 1. The molecule has 5 aromatic rings. The molecule has 0 bridgehead atoms. The summed E-state index contributed by atoms with van der Waals surface area (Å²) < 4.78 is 1.96. The summed E-state index contributed by atoms with van der Waals surface area (Å²) in [7, 11) is 0. The molecular formula is C23H18N6Na2O2S. The number of aromatic nitrogens is 6. The van der Waals surface area contributed by atoms with Gasteiger partial charge >= 0.3 is 5.97 Å². The molecule has 0 saturated heterocycles. The predicted molar refractivity (Wildman–Crippen MR) is 134 cm³/mol. The number of tetrazole rings is 1. The molecule has 160 valence electrons. The first-order valence-corrected chi connectivity index (χ1v) is 11.1. The summed E-state index contributed by atoms with van der Waals surface area (Å²) in [6.45, 7) is 0.519. The summed E-state index contributed by atoms with van der Waals surface area (Å²) in [5, 5.41) is 24.6. The van der Waals surface area contributed by atoms with Crippen LogP contribution in [0.2, 0.25) is 0 Å². The largest absolute Gasteiger partial charge is 0.478 e. The Labute approximate surface area is 244 Å². The predicted octanol–water partition coefficient (Wildman–Crippen LogP) is 3.59. The van der Waals surface area contributed by atoms with Crippen LogP contribution in [0.1, 0.15) is 15.9 Å². The molecule has 5 rings (SSSR count). The molecule has 2 N–H and O–H groups in total. The molecule has 0 atom stereocenters. The SMILES string of the molecule is CSc1nc2cccc(C(=O)O)c2n1Cc1ccc(-c2ccccc2-c2nnn[nH]2)cc1.[Na].[Na]. The van der Waals surface area contributed by atoms with E-state index in [2.05, 4.69) is 25.6 Å². The van der Waals surface area contributed by atoms with Gasteiger partial charge in [0.15, 0.2) is 11.0 Å². The minimum atomic E-state index is -0.960. The van der Waals surface area contributed by atoms with Gasteiger partial charge in [-0.15, -0.1) is 5.10 Å². The molecule has 3 aromatic carbocycles. The molecule has 8 nitrogen and oxygen atoms in total. The maximum Gasteiger partial charge on any atom is 0.337 e. The fraction of sp³-hybridized carbons (Fsp3) is 0.0870. The third-order valence-electron chi connectivity index (χ3n) is 5.28. The smallest absolute Gasteiger partial charge is 0.337 e. The molecule has 2 aromatic heterocycles. The van der Waals surface area contributed by atoms with Gasteiger partial charge in [-0.3, -0.25) is 0 Å². The molecule has 34 heavy (non-hydrogen) atoms. The van der Waals surface area contributed by atoms with Crippen molar-refractivity contribution in [3.05, 3.63) is 77.9 Å². The average molecular weight is 488 g/mol. The number of aromatic amines is 1. The molecule has 0 unspecified atom stereocenters. The van der Waals surface area contributed by atoms with Crippen molar-refractivity contribution in [1.82, 2.24) is 30.2 Å². The third-order valence-corrected chi connectivity index (χ3v) is 5.95. The topological polar surface area (TPSA) is 110 Å². The summed E-state index contributed by atoms with van der Waals surface area (Å²) in [6.07, 6.45) is 1.94. The van der Waals surface area contributed by atoms with E-state index >= 15 is 0 Å². The van der Waals surface area contributed by atoms with Crippen LogP contribution in [0, 0.1) is 0 Å². The number of benzene rings is 3. The van der Waals surface area contributed by atoms with Crippen LogP contribution in [0.3, 0.4) is 0 Å². The second-order valence-electron chi connectivity index (χ2n) is 7.16. The second-order valence-corrected chi connectivity index (χ2v) is 7.93. The van der Waals surface area contributed by atoms with Gasteiger partial charge in [-0.2, -0.15) is 0 Å². The van der Waals surface area contributed by atoms with Gasteiger partial charge in [0.1, 0.15) is 0 Å². The molecule has 0 fully saturated rings. The van der Waals surface area contributed by atoms with Gasteiger partial charge in [0.05, 0.1) is 23.1 Å². The first-order chi connectivity index (χ1) is 15.7. The van der Waals surface area contributed by atoms with E-state index < -0.39 is 5.97 Å². The van der Waals surface area contributed by atoms with Gasteiger partial charge in [-0.25, -0.2) is 14.9 Å². The Morgan fingerprint density at radius 1 is 1.00 bits per heavy atom. The first kappa shape index (κ1) is 26.6. The number of nitrogens with one attached hydrogen (secondary N) is 1. The number of hydrogen-bond acceptors (Lipinski definition) is 6. The molecule has 0 aliphatic carbocycles. The van der Waals surface area contributed by atoms with E-state index in [1.807, 2.05) is 65.4 Å². The van der Waals surface area contributed by atoms with Crippen molar-refractivity contribution in [2.75, 3.05) is 6.26 Å². The molecule has 0 amide bonds. The molecule has 0 aliphatic heterocycles. The fourth-order valence-corrected chi connectivity index (χ4v) is 4.39. The maximum atomic E-state index is 11.8. The van der Waals surface area contributed by atoms with Crippen LogP contribution < -0.4 is 0 Å². The Kier molecular flexibility index (Phi) is 9.11. The Bertz CT molecular complexity index is 1420. The van der Waals surface area contributed by atoms with Crippen molar-refractivity contribution in [2.45, 2.75) is 11.7 Å². The first-order valence-electron chi connectivity index (χ1n) is 9.84. The maximum absolute atomic E-state index is 11.8. The summed E-state index contributed by atoms with van der Waals surface area (Å²) in [6, 6.07) is 21.3. The zero-order chi connectivity index (χ0) is 22.1. The van der Waals surface area contributed by atoms with E-state index in [9.17, 15) is 9.90 Å². The quantitative estimate of drug-likeness (QED) is 0.278. The van der Waals surface area contributed by atoms with Crippen molar-refractivity contribution >= 4 is 87.9 Å². The molecule has 2 heterocycles. The van der Waals surface area contributed by atoms with Gasteiger partial charge in [0.25, 0.3) is 0 Å². The van der Waals surface area contributed by atoms with Crippen molar-refractivity contribution in [3.63, 3.8) is 0 Å². The normalized spacial score (nSPS) is 10.5. The van der Waals surface area contributed by atoms with E-state index in [1.165, 1.54) is 11.8 Å². The van der Waals surface area contributed by atoms with Crippen LogP contribution in [-0.4, -0.2) is 107 Å². The monoisotopic (exact) mass is 488 g/mol. The van der Waals surface area contributed by atoms with Crippen molar-refractivity contribution in [2.24, 2.45) is 0 Å². The molecule has 0 aliphatic rings. The molecule has 2 radical (unpaired) electrons. The van der Waals surface area contributed by atoms with Crippen LogP contribution >= 0.6 is 11.8 Å². The van der Waals surface area contributed by atoms with E-state index in [4.69, 9.17) is 0 Å². The zero-order valence-electron chi connectivity index (χ0n) is 19.1. The number of hydrogen-bond donors (Lipinski definition) is 2.